The maximum Gasteiger partial charge on any atom is 0.407 e. The van der Waals surface area contributed by atoms with Gasteiger partial charge in [-0.1, -0.05) is 6.07 Å². The van der Waals surface area contributed by atoms with Gasteiger partial charge in [0.2, 0.25) is 0 Å². The molecule has 0 radical (unpaired) electrons. The molecule has 1 atom stereocenters. The predicted molar refractivity (Wildman–Crippen MR) is 160 cm³/mol. The molecule has 1 aliphatic rings. The first kappa shape index (κ1) is 32.1. The zero-order valence-electron chi connectivity index (χ0n) is 25.1. The van der Waals surface area contributed by atoms with Gasteiger partial charge in [-0.15, -0.1) is 0 Å². The fourth-order valence-electron chi connectivity index (χ4n) is 4.14. The van der Waals surface area contributed by atoms with E-state index < -0.39 is 17.7 Å². The van der Waals surface area contributed by atoms with E-state index >= 15 is 0 Å². The van der Waals surface area contributed by atoms with Crippen LogP contribution < -0.4 is 26.0 Å². The van der Waals surface area contributed by atoms with Gasteiger partial charge in [-0.25, -0.2) is 19.6 Å². The topological polar surface area (TPSA) is 156 Å². The van der Waals surface area contributed by atoms with Crippen LogP contribution in [0, 0.1) is 0 Å². The minimum absolute atomic E-state index is 0.0787. The highest BCUT2D eigenvalue weighted by molar-refractivity contribution is 6.32. The van der Waals surface area contributed by atoms with Gasteiger partial charge in [-0.3, -0.25) is 4.79 Å². The van der Waals surface area contributed by atoms with Crippen LogP contribution in [0.25, 0.3) is 5.57 Å². The Morgan fingerprint density at radius 3 is 2.74 bits per heavy atom. The summed E-state index contributed by atoms with van der Waals surface area (Å²) in [7, 11) is 1.99. The number of nitrogens with zero attached hydrogens (tertiary/aromatic N) is 3. The average Bonchev–Trinajstić information content (AvgIpc) is 3.23. The van der Waals surface area contributed by atoms with Crippen molar-refractivity contribution < 1.29 is 28.6 Å². The summed E-state index contributed by atoms with van der Waals surface area (Å²) >= 11 is 0. The summed E-state index contributed by atoms with van der Waals surface area (Å²) in [6.45, 7) is 11.3. The van der Waals surface area contributed by atoms with Crippen molar-refractivity contribution in [3.63, 3.8) is 0 Å². The fourth-order valence-corrected chi connectivity index (χ4v) is 4.14. The second kappa shape index (κ2) is 15.0. The lowest BCUT2D eigenvalue weighted by atomic mass is 10.1. The van der Waals surface area contributed by atoms with Crippen LogP contribution in [0.4, 0.5) is 22.1 Å². The first-order valence-corrected chi connectivity index (χ1v) is 13.9. The van der Waals surface area contributed by atoms with Crippen molar-refractivity contribution in [3.8, 4) is 5.75 Å². The highest BCUT2D eigenvalue weighted by Gasteiger charge is 2.29. The van der Waals surface area contributed by atoms with E-state index in [0.717, 1.165) is 13.0 Å². The van der Waals surface area contributed by atoms with E-state index in [1.165, 1.54) is 6.33 Å². The Morgan fingerprint density at radius 2 is 2.00 bits per heavy atom. The van der Waals surface area contributed by atoms with Crippen molar-refractivity contribution in [3.05, 3.63) is 42.4 Å². The summed E-state index contributed by atoms with van der Waals surface area (Å²) in [6.07, 6.45) is 3.36. The minimum atomic E-state index is -0.541. The number of carbonyl (C=O) groups excluding carboxylic acids is 3. The molecule has 0 bridgehead atoms. The molecule has 0 aliphatic carbocycles. The normalized spacial score (nSPS) is 14.2. The van der Waals surface area contributed by atoms with Crippen molar-refractivity contribution in [2.45, 2.75) is 52.7 Å². The van der Waals surface area contributed by atoms with E-state index in [2.05, 4.69) is 36.1 Å². The first-order valence-electron chi connectivity index (χ1n) is 13.9. The lowest BCUT2D eigenvalue weighted by Gasteiger charge is -2.25. The Balaban J connectivity index is 1.54. The first-order chi connectivity index (χ1) is 19.9. The molecular weight excluding hydrogens is 542 g/mol. The standard InChI is InChI=1S/C29H41N7O6/c1-7-40-23(37)17-41-21-11-8-10-20(14-21)31-15-22-24-25(32-18-33-26(24)35-27(22)38)30-12-9-13-36(6)16-19(2)34-28(39)42-29(3,4)5/h8,10-11,14-15,18-19,31H,7,9,12-13,16-17H2,1-6H3,(H,34,39)(H2,30,32,33,35,38)/b22-15-/t19-/m0/s1. The molecule has 0 saturated heterocycles. The van der Waals surface area contributed by atoms with Crippen LogP contribution in [-0.2, 0) is 19.1 Å². The van der Waals surface area contributed by atoms with E-state index in [4.69, 9.17) is 14.2 Å². The number of anilines is 3. The lowest BCUT2D eigenvalue weighted by molar-refractivity contribution is -0.145. The quantitative estimate of drug-likeness (QED) is 0.147. The Bertz CT molecular complexity index is 1280. The van der Waals surface area contributed by atoms with Gasteiger partial charge in [0.25, 0.3) is 5.91 Å². The predicted octanol–water partition coefficient (Wildman–Crippen LogP) is 3.47. The SMILES string of the molecule is CCOC(=O)COc1cccc(N/C=C2\C(=O)Nc3ncnc(NCCCN(C)C[C@H](C)NC(=O)OC(C)(C)C)c32)c1. The summed E-state index contributed by atoms with van der Waals surface area (Å²) in [5.74, 6) is 0.695. The molecule has 228 valence electrons. The molecule has 3 rings (SSSR count). The molecule has 0 unspecified atom stereocenters. The van der Waals surface area contributed by atoms with E-state index in [0.29, 0.717) is 47.3 Å². The Kier molecular flexibility index (Phi) is 11.5. The summed E-state index contributed by atoms with van der Waals surface area (Å²) in [5.41, 5.74) is 1.08. The minimum Gasteiger partial charge on any atom is -0.482 e. The average molecular weight is 584 g/mol. The molecule has 1 aliphatic heterocycles. The lowest BCUT2D eigenvalue weighted by Crippen LogP contribution is -2.43. The molecule has 4 N–H and O–H groups in total. The van der Waals surface area contributed by atoms with E-state index in [1.807, 2.05) is 40.8 Å². The number of amides is 2. The number of hydrogen-bond acceptors (Lipinski definition) is 11. The number of ether oxygens (including phenoxy) is 3. The second-order valence-corrected chi connectivity index (χ2v) is 10.8. The Labute approximate surface area is 246 Å². The third-order valence-electron chi connectivity index (χ3n) is 5.83. The van der Waals surface area contributed by atoms with Crippen LogP contribution in [-0.4, -0.2) is 84.4 Å². The molecule has 2 amide bonds. The number of alkyl carbamates (subject to hydrolysis) is 1. The van der Waals surface area contributed by atoms with Crippen molar-refractivity contribution >= 4 is 40.9 Å². The highest BCUT2D eigenvalue weighted by Crippen LogP contribution is 2.34. The zero-order chi connectivity index (χ0) is 30.7. The van der Waals surface area contributed by atoms with Gasteiger partial charge in [0.15, 0.2) is 6.61 Å². The molecule has 2 aromatic rings. The van der Waals surface area contributed by atoms with Crippen LogP contribution in [0.1, 0.15) is 46.6 Å². The number of benzene rings is 1. The largest absolute Gasteiger partial charge is 0.482 e. The molecule has 0 spiro atoms. The Hall–Kier alpha value is -4.39. The van der Waals surface area contributed by atoms with Crippen molar-refractivity contribution in [1.29, 1.82) is 0 Å². The zero-order valence-corrected chi connectivity index (χ0v) is 25.1. The molecule has 1 aromatic carbocycles. The summed E-state index contributed by atoms with van der Waals surface area (Å²) in [6, 6.07) is 6.94. The highest BCUT2D eigenvalue weighted by atomic mass is 16.6. The Morgan fingerprint density at radius 1 is 1.21 bits per heavy atom. The number of nitrogens with one attached hydrogen (secondary N) is 4. The van der Waals surface area contributed by atoms with Crippen LogP contribution in [0.3, 0.4) is 0 Å². The van der Waals surface area contributed by atoms with Crippen molar-refractivity contribution in [2.24, 2.45) is 0 Å². The number of rotatable bonds is 14. The second-order valence-electron chi connectivity index (χ2n) is 10.8. The third-order valence-corrected chi connectivity index (χ3v) is 5.83. The van der Waals surface area contributed by atoms with Crippen LogP contribution in [0.5, 0.6) is 5.75 Å². The number of esters is 1. The monoisotopic (exact) mass is 583 g/mol. The number of aromatic nitrogens is 2. The number of fused-ring (bicyclic) bond motifs is 1. The van der Waals surface area contributed by atoms with Gasteiger partial charge in [0.05, 0.1) is 17.7 Å². The van der Waals surface area contributed by atoms with E-state index in [-0.39, 0.29) is 25.2 Å². The van der Waals surface area contributed by atoms with E-state index in [1.54, 1.807) is 31.3 Å². The molecule has 42 heavy (non-hydrogen) atoms. The van der Waals surface area contributed by atoms with Gasteiger partial charge < -0.3 is 40.4 Å². The molecular formula is C29H41N7O6. The van der Waals surface area contributed by atoms with E-state index in [9.17, 15) is 14.4 Å². The molecule has 2 heterocycles. The summed E-state index contributed by atoms with van der Waals surface area (Å²) in [4.78, 5) is 47.0. The maximum atomic E-state index is 12.7. The van der Waals surface area contributed by atoms with Crippen LogP contribution in [0.2, 0.25) is 0 Å². The van der Waals surface area contributed by atoms with Crippen molar-refractivity contribution in [1.82, 2.24) is 20.2 Å². The van der Waals surface area contributed by atoms with Gasteiger partial charge >= 0.3 is 12.1 Å². The van der Waals surface area contributed by atoms with Gasteiger partial charge in [-0.05, 0) is 66.8 Å². The third kappa shape index (κ3) is 10.2. The fraction of sp³-hybridized carbons (Fsp3) is 0.483. The number of hydrogen-bond donors (Lipinski definition) is 4. The van der Waals surface area contributed by atoms with Crippen LogP contribution >= 0.6 is 0 Å². The number of likely N-dealkylation sites (N-methyl/N-ethyl adjacent to an activating group) is 1. The smallest absolute Gasteiger partial charge is 0.407 e. The molecule has 0 saturated carbocycles. The van der Waals surface area contributed by atoms with Gasteiger partial charge in [-0.2, -0.15) is 0 Å². The summed E-state index contributed by atoms with van der Waals surface area (Å²) < 4.78 is 15.7. The molecule has 13 nitrogen and oxygen atoms in total. The molecule has 1 aromatic heterocycles. The van der Waals surface area contributed by atoms with Gasteiger partial charge in [0, 0.05) is 37.1 Å². The summed E-state index contributed by atoms with van der Waals surface area (Å²) in [5, 5.41) is 12.1. The molecule has 0 fully saturated rings. The number of carbonyl (C=O) groups is 3. The van der Waals surface area contributed by atoms with Gasteiger partial charge in [0.1, 0.15) is 29.3 Å². The maximum absolute atomic E-state index is 12.7. The van der Waals surface area contributed by atoms with Crippen molar-refractivity contribution in [2.75, 3.05) is 55.8 Å². The molecule has 13 heteroatoms. The van der Waals surface area contributed by atoms with Crippen LogP contribution in [0.15, 0.2) is 36.8 Å².